The minimum absolute atomic E-state index is 0.0503. The van der Waals surface area contributed by atoms with Crippen LogP contribution in [0.25, 0.3) is 10.9 Å². The van der Waals surface area contributed by atoms with Crippen molar-refractivity contribution in [1.29, 1.82) is 0 Å². The summed E-state index contributed by atoms with van der Waals surface area (Å²) in [5.74, 6) is -0.427. The van der Waals surface area contributed by atoms with E-state index in [9.17, 15) is 14.3 Å². The number of ether oxygens (including phenoxy) is 1. The molecule has 3 rings (SSSR count). The van der Waals surface area contributed by atoms with Gasteiger partial charge in [-0.15, -0.1) is 0 Å². The van der Waals surface area contributed by atoms with Gasteiger partial charge >= 0.3 is 0 Å². The Bertz CT molecular complexity index is 936. The first-order valence-electron chi connectivity index (χ1n) is 7.91. The van der Waals surface area contributed by atoms with Crippen LogP contribution in [0.4, 0.5) is 4.39 Å². The van der Waals surface area contributed by atoms with Crippen LogP contribution in [0.1, 0.15) is 11.7 Å². The maximum Gasteiger partial charge on any atom is 0.258 e. The Hall–Kier alpha value is -2.70. The van der Waals surface area contributed by atoms with Gasteiger partial charge in [-0.05, 0) is 42.0 Å². The molecule has 0 aliphatic carbocycles. The van der Waals surface area contributed by atoms with Crippen molar-refractivity contribution in [2.75, 3.05) is 13.2 Å². The van der Waals surface area contributed by atoms with E-state index >= 15 is 0 Å². The van der Waals surface area contributed by atoms with Gasteiger partial charge in [0.15, 0.2) is 6.61 Å². The van der Waals surface area contributed by atoms with Gasteiger partial charge in [-0.1, -0.05) is 23.7 Å². The van der Waals surface area contributed by atoms with Crippen molar-refractivity contribution in [3.63, 3.8) is 0 Å². The highest BCUT2D eigenvalue weighted by atomic mass is 35.5. The van der Waals surface area contributed by atoms with Gasteiger partial charge in [0.25, 0.3) is 5.91 Å². The Morgan fingerprint density at radius 3 is 2.92 bits per heavy atom. The first-order valence-corrected chi connectivity index (χ1v) is 8.28. The fourth-order valence-electron chi connectivity index (χ4n) is 2.46. The zero-order valence-corrected chi connectivity index (χ0v) is 14.4. The summed E-state index contributed by atoms with van der Waals surface area (Å²) in [6, 6.07) is 12.5. The molecule has 0 bridgehead atoms. The number of carbonyl (C=O) groups is 1. The summed E-state index contributed by atoms with van der Waals surface area (Å²) >= 11 is 6.12. The minimum atomic E-state index is -1.01. The number of nitrogens with one attached hydrogen (secondary N) is 1. The maximum absolute atomic E-state index is 13.2. The summed E-state index contributed by atoms with van der Waals surface area (Å²) in [6.45, 7) is -0.297. The highest BCUT2D eigenvalue weighted by Crippen LogP contribution is 2.29. The highest BCUT2D eigenvalue weighted by Gasteiger charge is 2.12. The molecule has 7 heteroatoms. The van der Waals surface area contributed by atoms with E-state index in [0.717, 1.165) is 5.39 Å². The fraction of sp³-hybridized carbons (Fsp3) is 0.158. The number of fused-ring (bicyclic) bond motifs is 1. The Balaban J connectivity index is 1.57. The van der Waals surface area contributed by atoms with Crippen molar-refractivity contribution < 1.29 is 19.0 Å². The van der Waals surface area contributed by atoms with Gasteiger partial charge in [0.2, 0.25) is 0 Å². The average molecular weight is 375 g/mol. The first kappa shape index (κ1) is 18.1. The second-order valence-electron chi connectivity index (χ2n) is 5.61. The molecule has 0 aliphatic heterocycles. The van der Waals surface area contributed by atoms with Crippen molar-refractivity contribution in [3.05, 3.63) is 71.1 Å². The molecule has 1 heterocycles. The van der Waals surface area contributed by atoms with Crippen molar-refractivity contribution in [2.24, 2.45) is 0 Å². The van der Waals surface area contributed by atoms with E-state index in [1.165, 1.54) is 18.2 Å². The van der Waals surface area contributed by atoms with E-state index in [1.807, 2.05) is 6.07 Å². The number of hydrogen-bond acceptors (Lipinski definition) is 4. The van der Waals surface area contributed by atoms with Crippen LogP contribution >= 0.6 is 11.6 Å². The van der Waals surface area contributed by atoms with Crippen molar-refractivity contribution in [3.8, 4) is 5.75 Å². The number of carbonyl (C=O) groups excluding carboxylic acids is 1. The second kappa shape index (κ2) is 8.12. The molecule has 2 aromatic carbocycles. The molecule has 0 saturated carbocycles. The summed E-state index contributed by atoms with van der Waals surface area (Å²) in [5, 5.41) is 13.8. The summed E-state index contributed by atoms with van der Waals surface area (Å²) in [4.78, 5) is 16.2. The molecule has 1 aromatic heterocycles. The van der Waals surface area contributed by atoms with Crippen LogP contribution in [0.5, 0.6) is 5.75 Å². The van der Waals surface area contributed by atoms with Gasteiger partial charge < -0.3 is 15.2 Å². The van der Waals surface area contributed by atoms with E-state index in [-0.39, 0.29) is 13.2 Å². The molecule has 0 saturated heterocycles. The third-order valence-electron chi connectivity index (χ3n) is 3.76. The molecule has 0 fully saturated rings. The standard InChI is InChI=1S/C19H16ClFN2O3/c20-15-6-7-17(19-14(15)5-2-8-22-19)26-11-18(25)23-10-16(24)12-3-1-4-13(21)9-12/h1-9,16,24H,10-11H2,(H,23,25). The number of aliphatic hydroxyl groups excluding tert-OH is 1. The molecule has 1 atom stereocenters. The molecular formula is C19H16ClFN2O3. The Morgan fingerprint density at radius 1 is 1.27 bits per heavy atom. The van der Waals surface area contributed by atoms with E-state index in [4.69, 9.17) is 16.3 Å². The summed E-state index contributed by atoms with van der Waals surface area (Å²) in [7, 11) is 0. The Kier molecular flexibility index (Phi) is 5.65. The predicted octanol–water partition coefficient (Wildman–Crippen LogP) is 3.26. The lowest BCUT2D eigenvalue weighted by Gasteiger charge is -2.13. The van der Waals surface area contributed by atoms with Gasteiger partial charge in [-0.25, -0.2) is 4.39 Å². The number of amides is 1. The van der Waals surface area contributed by atoms with Crippen molar-refractivity contribution in [1.82, 2.24) is 10.3 Å². The lowest BCUT2D eigenvalue weighted by Crippen LogP contribution is -2.32. The zero-order valence-electron chi connectivity index (χ0n) is 13.7. The quantitative estimate of drug-likeness (QED) is 0.694. The number of pyridine rings is 1. The van der Waals surface area contributed by atoms with E-state index in [1.54, 1.807) is 30.5 Å². The number of rotatable bonds is 6. The van der Waals surface area contributed by atoms with Gasteiger partial charge in [0.05, 0.1) is 11.1 Å². The number of benzene rings is 2. The number of aromatic nitrogens is 1. The SMILES string of the molecule is O=C(COc1ccc(Cl)c2cccnc12)NCC(O)c1cccc(F)c1. The number of halogens is 2. The molecule has 0 aliphatic rings. The molecule has 5 nitrogen and oxygen atoms in total. The normalized spacial score (nSPS) is 12.0. The topological polar surface area (TPSA) is 71.5 Å². The van der Waals surface area contributed by atoms with E-state index in [0.29, 0.717) is 21.9 Å². The summed E-state index contributed by atoms with van der Waals surface area (Å²) < 4.78 is 18.7. The lowest BCUT2D eigenvalue weighted by molar-refractivity contribution is -0.123. The highest BCUT2D eigenvalue weighted by molar-refractivity contribution is 6.35. The van der Waals surface area contributed by atoms with Crippen LogP contribution in [0.3, 0.4) is 0 Å². The maximum atomic E-state index is 13.2. The monoisotopic (exact) mass is 374 g/mol. The summed E-state index contributed by atoms with van der Waals surface area (Å²) in [5.41, 5.74) is 0.951. The molecular weight excluding hydrogens is 359 g/mol. The Labute approximate surface area is 154 Å². The van der Waals surface area contributed by atoms with Crippen molar-refractivity contribution in [2.45, 2.75) is 6.10 Å². The molecule has 2 N–H and O–H groups in total. The van der Waals surface area contributed by atoms with Crippen molar-refractivity contribution >= 4 is 28.4 Å². The average Bonchev–Trinajstić information content (AvgIpc) is 2.66. The molecule has 134 valence electrons. The predicted molar refractivity (Wildman–Crippen MR) is 96.6 cm³/mol. The van der Waals surface area contributed by atoms with Crippen LogP contribution in [-0.4, -0.2) is 29.1 Å². The third kappa shape index (κ3) is 4.28. The first-order chi connectivity index (χ1) is 12.5. The van der Waals surface area contributed by atoms with Gasteiger partial charge in [0, 0.05) is 18.1 Å². The number of hydrogen-bond donors (Lipinski definition) is 2. The van der Waals surface area contributed by atoms with Crippen LogP contribution in [-0.2, 0) is 4.79 Å². The molecule has 3 aromatic rings. The second-order valence-corrected chi connectivity index (χ2v) is 6.02. The van der Waals surface area contributed by atoms with Crippen LogP contribution < -0.4 is 10.1 Å². The van der Waals surface area contributed by atoms with Gasteiger partial charge in [-0.3, -0.25) is 9.78 Å². The van der Waals surface area contributed by atoms with Crippen LogP contribution in [0.15, 0.2) is 54.7 Å². The van der Waals surface area contributed by atoms with Crippen LogP contribution in [0, 0.1) is 5.82 Å². The molecule has 26 heavy (non-hydrogen) atoms. The van der Waals surface area contributed by atoms with Crippen LogP contribution in [0.2, 0.25) is 5.02 Å². The smallest absolute Gasteiger partial charge is 0.258 e. The van der Waals surface area contributed by atoms with Gasteiger partial charge in [0.1, 0.15) is 17.1 Å². The van der Waals surface area contributed by atoms with Gasteiger partial charge in [-0.2, -0.15) is 0 Å². The molecule has 1 amide bonds. The third-order valence-corrected chi connectivity index (χ3v) is 4.09. The zero-order chi connectivity index (χ0) is 18.5. The fourth-order valence-corrected chi connectivity index (χ4v) is 2.68. The largest absolute Gasteiger partial charge is 0.481 e. The lowest BCUT2D eigenvalue weighted by atomic mass is 10.1. The molecule has 0 spiro atoms. The Morgan fingerprint density at radius 2 is 2.12 bits per heavy atom. The summed E-state index contributed by atoms with van der Waals surface area (Å²) in [6.07, 6.45) is 0.605. The number of nitrogens with zero attached hydrogens (tertiary/aromatic N) is 1. The number of aliphatic hydroxyl groups is 1. The van der Waals surface area contributed by atoms with E-state index < -0.39 is 17.8 Å². The minimum Gasteiger partial charge on any atom is -0.481 e. The van der Waals surface area contributed by atoms with E-state index in [2.05, 4.69) is 10.3 Å². The molecule has 1 unspecified atom stereocenters. The molecule has 0 radical (unpaired) electrons.